The van der Waals surface area contributed by atoms with E-state index in [2.05, 4.69) is 37.2 Å². The fraction of sp³-hybridized carbons (Fsp3) is 0.492. The Morgan fingerprint density at radius 2 is 1.23 bits per heavy atom. The summed E-state index contributed by atoms with van der Waals surface area (Å²) in [5.41, 5.74) is 2.63. The third-order valence-corrected chi connectivity index (χ3v) is 15.4. The van der Waals surface area contributed by atoms with E-state index in [-0.39, 0.29) is 67.8 Å². The van der Waals surface area contributed by atoms with E-state index in [9.17, 15) is 38.7 Å². The van der Waals surface area contributed by atoms with E-state index in [0.717, 1.165) is 49.0 Å². The smallest absolute Gasteiger partial charge is 0.407 e. The van der Waals surface area contributed by atoms with E-state index in [1.54, 1.807) is 69.3 Å². The van der Waals surface area contributed by atoms with Gasteiger partial charge in [-0.05, 0) is 101 Å². The molecule has 0 radical (unpaired) electrons. The number of unbranched alkanes of at least 4 members (excludes halogenated alkanes) is 3. The number of thioether (sulfide) groups is 1. The van der Waals surface area contributed by atoms with Gasteiger partial charge in [-0.3, -0.25) is 24.0 Å². The van der Waals surface area contributed by atoms with Gasteiger partial charge in [0, 0.05) is 54.0 Å². The van der Waals surface area contributed by atoms with Crippen LogP contribution in [0.25, 0.3) is 0 Å². The first-order valence-corrected chi connectivity index (χ1v) is 28.7. The van der Waals surface area contributed by atoms with E-state index in [1.165, 1.54) is 0 Å². The largest absolute Gasteiger partial charge is 0.444 e. The Labute approximate surface area is 464 Å². The Kier molecular flexibility index (Phi) is 23.6. The van der Waals surface area contributed by atoms with Gasteiger partial charge in [0.15, 0.2) is 5.78 Å². The molecule has 16 nitrogen and oxygen atoms in total. The van der Waals surface area contributed by atoms with Gasteiger partial charge >= 0.3 is 12.1 Å². The number of benzene rings is 4. The molecule has 2 aliphatic heterocycles. The number of carbonyl (C=O) groups excluding carboxylic acids is 7. The number of carbonyl (C=O) groups is 7. The summed E-state index contributed by atoms with van der Waals surface area (Å²) in [5.74, 6) is -1.57. The zero-order valence-electron chi connectivity index (χ0n) is 45.9. The molecule has 6 rings (SSSR count). The van der Waals surface area contributed by atoms with Crippen LogP contribution in [0, 0.1) is 11.8 Å². The zero-order chi connectivity index (χ0) is 56.0. The first-order chi connectivity index (χ1) is 37.4. The van der Waals surface area contributed by atoms with Crippen LogP contribution in [0.3, 0.4) is 0 Å². The molecular weight excluding hydrogens is 1010 g/mol. The molecular formula is C61H81N7O9S. The molecule has 0 aliphatic carbocycles. The summed E-state index contributed by atoms with van der Waals surface area (Å²) < 4.78 is 5.57. The van der Waals surface area contributed by atoms with Crippen LogP contribution in [0.2, 0.25) is 0 Å². The molecule has 17 heteroatoms. The van der Waals surface area contributed by atoms with Crippen LogP contribution in [-0.2, 0) is 43.2 Å². The van der Waals surface area contributed by atoms with Crippen molar-refractivity contribution in [2.75, 3.05) is 18.8 Å². The zero-order valence-corrected chi connectivity index (χ0v) is 46.7. The summed E-state index contributed by atoms with van der Waals surface area (Å²) in [6.45, 7) is 9.96. The van der Waals surface area contributed by atoms with Gasteiger partial charge in [-0.25, -0.2) is 9.59 Å². The van der Waals surface area contributed by atoms with Crippen LogP contribution in [-0.4, -0.2) is 113 Å². The lowest BCUT2D eigenvalue weighted by molar-refractivity contribution is -0.134. The van der Waals surface area contributed by atoms with Crippen LogP contribution >= 0.6 is 11.8 Å². The number of rotatable bonds is 30. The third kappa shape index (κ3) is 20.3. The van der Waals surface area contributed by atoms with Crippen molar-refractivity contribution in [3.8, 4) is 0 Å². The third-order valence-electron chi connectivity index (χ3n) is 13.9. The maximum Gasteiger partial charge on any atom is 0.407 e. The molecule has 0 bridgehead atoms. The van der Waals surface area contributed by atoms with Gasteiger partial charge in [0.05, 0.1) is 24.2 Å². The van der Waals surface area contributed by atoms with Crippen molar-refractivity contribution in [3.63, 3.8) is 0 Å². The molecule has 2 aliphatic rings. The number of urea groups is 1. The summed E-state index contributed by atoms with van der Waals surface area (Å²) in [4.78, 5) is 94.0. The molecule has 4 aromatic rings. The van der Waals surface area contributed by atoms with Crippen LogP contribution in [0.4, 0.5) is 9.59 Å². The number of ketones is 1. The molecule has 0 saturated carbocycles. The minimum Gasteiger partial charge on any atom is -0.444 e. The highest BCUT2D eigenvalue weighted by molar-refractivity contribution is 8.00. The van der Waals surface area contributed by atoms with E-state index in [1.807, 2.05) is 92.3 Å². The number of amides is 7. The molecule has 7 amide bonds. The average molecular weight is 1090 g/mol. The molecule has 4 aromatic carbocycles. The number of hydrogen-bond acceptors (Lipinski definition) is 10. The van der Waals surface area contributed by atoms with Gasteiger partial charge in [0.1, 0.15) is 17.7 Å². The Morgan fingerprint density at radius 3 is 1.87 bits per heavy atom. The Bertz CT molecular complexity index is 2570. The van der Waals surface area contributed by atoms with E-state index < -0.39 is 59.6 Å². The summed E-state index contributed by atoms with van der Waals surface area (Å²) in [5, 5.41) is 33.1. The van der Waals surface area contributed by atoms with E-state index in [4.69, 9.17) is 4.74 Å². The highest BCUT2D eigenvalue weighted by Gasteiger charge is 2.42. The highest BCUT2D eigenvalue weighted by Crippen LogP contribution is 2.33. The summed E-state index contributed by atoms with van der Waals surface area (Å²) in [6, 6.07) is 32.0. The van der Waals surface area contributed by atoms with Crippen molar-refractivity contribution < 1.29 is 43.4 Å². The SMILES string of the molecule is CC(C)C[C@H](NC(=O)[C@H](Cc1ccccc1)C[C@@H](O)[C@H](Cc1ccccc1)NC(=O)OC(C)(C)C)C(=O)N[C@@H](Cc1ccc(C(=O)c2ccccc2)cc1)C(=O)NCCCCCNC(=O)CCCCC1SCC2NC(=O)NC21. The quantitative estimate of drug-likeness (QED) is 0.0147. The first-order valence-electron chi connectivity index (χ1n) is 27.7. The number of aliphatic hydroxyl groups is 1. The predicted octanol–water partition coefficient (Wildman–Crippen LogP) is 7.35. The van der Waals surface area contributed by atoms with E-state index in [0.29, 0.717) is 47.9 Å². The van der Waals surface area contributed by atoms with Crippen molar-refractivity contribution in [1.29, 1.82) is 0 Å². The van der Waals surface area contributed by atoms with Crippen LogP contribution in [0.1, 0.15) is 125 Å². The molecule has 8 N–H and O–H groups in total. The van der Waals surface area contributed by atoms with Gasteiger partial charge in [-0.15, -0.1) is 0 Å². The molecule has 2 fully saturated rings. The normalized spacial score (nSPS) is 17.7. The molecule has 78 heavy (non-hydrogen) atoms. The molecule has 0 spiro atoms. The minimum atomic E-state index is -1.20. The standard InChI is InChI=1S/C61H81N7O9S/c1-40(2)34-48(64-56(72)46(35-41-20-10-6-11-21-41)38-51(69)47(36-42-22-12-7-13-23-42)67-60(76)77-61(3,4)5)58(74)65-49(37-43-28-30-45(31-29-43)55(71)44-24-14-8-15-25-44)57(73)63-33-19-9-18-32-62-53(70)27-17-16-26-52-54-50(39-78-52)66-59(75)68-54/h6-8,10-15,20-25,28-31,40,46-52,54,69H,9,16-19,26-27,32-39H2,1-5H3,(H,62,70)(H,63,73)(H,64,72)(H,65,74)(H,67,76)(H2,66,68,75)/t46-,47+,48+,49+,50?,51-,52?,54?/m1/s1. The molecule has 420 valence electrons. The minimum absolute atomic E-state index is 0.00322. The van der Waals surface area contributed by atoms with Crippen molar-refractivity contribution in [1.82, 2.24) is 37.2 Å². The van der Waals surface area contributed by atoms with Gasteiger partial charge in [0.25, 0.3) is 0 Å². The molecule has 0 aromatic heterocycles. The maximum atomic E-state index is 14.6. The van der Waals surface area contributed by atoms with Crippen molar-refractivity contribution >= 4 is 53.3 Å². The summed E-state index contributed by atoms with van der Waals surface area (Å²) in [6.07, 6.45) is 4.02. The number of hydrogen-bond donors (Lipinski definition) is 8. The fourth-order valence-corrected chi connectivity index (χ4v) is 11.4. The second-order valence-corrected chi connectivity index (χ2v) is 23.3. The lowest BCUT2D eigenvalue weighted by atomic mass is 9.88. The number of ether oxygens (including phenoxy) is 1. The molecule has 3 unspecified atom stereocenters. The van der Waals surface area contributed by atoms with Gasteiger partial charge in [0.2, 0.25) is 23.6 Å². The van der Waals surface area contributed by atoms with Gasteiger partial charge in [-0.2, -0.15) is 11.8 Å². The lowest BCUT2D eigenvalue weighted by Gasteiger charge is -2.30. The Hall–Kier alpha value is -6.72. The Morgan fingerprint density at radius 1 is 0.641 bits per heavy atom. The van der Waals surface area contributed by atoms with Crippen LogP contribution in [0.5, 0.6) is 0 Å². The first kappa shape index (κ1) is 60.5. The number of alkyl carbamates (subject to hydrolysis) is 1. The molecule has 8 atom stereocenters. The maximum absolute atomic E-state index is 14.6. The number of fused-ring (bicyclic) bond motifs is 1. The number of nitrogens with one attached hydrogen (secondary N) is 7. The second-order valence-electron chi connectivity index (χ2n) is 22.0. The highest BCUT2D eigenvalue weighted by atomic mass is 32.2. The second kappa shape index (κ2) is 30.4. The van der Waals surface area contributed by atoms with Gasteiger partial charge < -0.3 is 47.1 Å². The van der Waals surface area contributed by atoms with Crippen LogP contribution in [0.15, 0.2) is 115 Å². The number of aliphatic hydroxyl groups excluding tert-OH is 1. The predicted molar refractivity (Wildman–Crippen MR) is 305 cm³/mol. The fourth-order valence-electron chi connectivity index (χ4n) is 9.86. The topological polar surface area (TPSA) is 233 Å². The molecule has 2 heterocycles. The summed E-state index contributed by atoms with van der Waals surface area (Å²) in [7, 11) is 0. The van der Waals surface area contributed by atoms with Gasteiger partial charge in [-0.1, -0.05) is 136 Å². The lowest BCUT2D eigenvalue weighted by Crippen LogP contribution is -2.56. The van der Waals surface area contributed by atoms with Crippen molar-refractivity contribution in [3.05, 3.63) is 143 Å². The average Bonchev–Trinajstić information content (AvgIpc) is 3.97. The molecule has 2 saturated heterocycles. The van der Waals surface area contributed by atoms with E-state index >= 15 is 0 Å². The Balaban J connectivity index is 1.09. The van der Waals surface area contributed by atoms with Crippen molar-refractivity contribution in [2.24, 2.45) is 11.8 Å². The van der Waals surface area contributed by atoms with Crippen molar-refractivity contribution in [2.45, 2.75) is 159 Å². The summed E-state index contributed by atoms with van der Waals surface area (Å²) >= 11 is 1.87. The van der Waals surface area contributed by atoms with Crippen LogP contribution < -0.4 is 37.2 Å². The monoisotopic (exact) mass is 1090 g/mol.